The van der Waals surface area contributed by atoms with Crippen molar-refractivity contribution in [2.45, 2.75) is 26.3 Å². The Morgan fingerprint density at radius 2 is 2.11 bits per heavy atom. The van der Waals surface area contributed by atoms with Crippen LogP contribution in [0.1, 0.15) is 18.3 Å². The van der Waals surface area contributed by atoms with Crippen molar-refractivity contribution in [2.75, 3.05) is 10.3 Å². The zero-order valence-electron chi connectivity index (χ0n) is 11.1. The van der Waals surface area contributed by atoms with Gasteiger partial charge in [-0.15, -0.1) is 0 Å². The third-order valence-electron chi connectivity index (χ3n) is 3.43. The Kier molecular flexibility index (Phi) is 2.83. The van der Waals surface area contributed by atoms with Crippen molar-refractivity contribution in [2.24, 2.45) is 5.84 Å². The summed E-state index contributed by atoms with van der Waals surface area (Å²) in [4.78, 5) is 11.0. The van der Waals surface area contributed by atoms with Gasteiger partial charge in [-0.05, 0) is 31.9 Å². The van der Waals surface area contributed by atoms with Gasteiger partial charge in [-0.25, -0.2) is 15.8 Å². The highest BCUT2D eigenvalue weighted by molar-refractivity contribution is 5.70. The number of nitrogens with two attached hydrogens (primary N) is 1. The molecule has 2 heterocycles. The molecule has 0 amide bonds. The van der Waals surface area contributed by atoms with Crippen LogP contribution in [0.2, 0.25) is 0 Å². The van der Waals surface area contributed by atoms with Gasteiger partial charge in [0.1, 0.15) is 17.5 Å². The van der Waals surface area contributed by atoms with Gasteiger partial charge in [0.25, 0.3) is 0 Å². The topological polar surface area (TPSA) is 67.1 Å². The van der Waals surface area contributed by atoms with Crippen LogP contribution in [-0.4, -0.2) is 16.0 Å². The maximum absolute atomic E-state index is 5.46. The van der Waals surface area contributed by atoms with Gasteiger partial charge in [0, 0.05) is 17.8 Å². The Morgan fingerprint density at radius 1 is 1.32 bits per heavy atom. The van der Waals surface area contributed by atoms with Crippen LogP contribution in [0.4, 0.5) is 17.3 Å². The van der Waals surface area contributed by atoms with Gasteiger partial charge in [0.05, 0.1) is 0 Å². The monoisotopic (exact) mass is 255 g/mol. The number of benzene rings is 1. The van der Waals surface area contributed by atoms with Gasteiger partial charge < -0.3 is 10.3 Å². The largest absolute Gasteiger partial charge is 0.323 e. The molecule has 1 aliphatic rings. The van der Waals surface area contributed by atoms with E-state index in [-0.39, 0.29) is 0 Å². The summed E-state index contributed by atoms with van der Waals surface area (Å²) in [6.07, 6.45) is 1.03. The molecule has 5 nitrogen and oxygen atoms in total. The van der Waals surface area contributed by atoms with Crippen molar-refractivity contribution in [3.63, 3.8) is 0 Å². The molecular formula is C14H17N5. The molecule has 3 rings (SSSR count). The highest BCUT2D eigenvalue weighted by Crippen LogP contribution is 2.37. The van der Waals surface area contributed by atoms with Crippen LogP contribution in [0.3, 0.4) is 0 Å². The van der Waals surface area contributed by atoms with Gasteiger partial charge >= 0.3 is 0 Å². The number of hydrazine groups is 1. The van der Waals surface area contributed by atoms with Gasteiger partial charge in [-0.2, -0.15) is 0 Å². The van der Waals surface area contributed by atoms with E-state index in [9.17, 15) is 0 Å². The first-order valence-electron chi connectivity index (χ1n) is 6.38. The molecule has 0 bridgehead atoms. The van der Waals surface area contributed by atoms with Crippen LogP contribution in [0.5, 0.6) is 0 Å². The average Bonchev–Trinajstić information content (AvgIpc) is 2.73. The number of rotatable bonds is 2. The normalized spacial score (nSPS) is 17.4. The number of nitrogens with zero attached hydrogens (tertiary/aromatic N) is 3. The summed E-state index contributed by atoms with van der Waals surface area (Å²) in [6.45, 7) is 4.07. The van der Waals surface area contributed by atoms with E-state index in [4.69, 9.17) is 5.84 Å². The Morgan fingerprint density at radius 3 is 2.89 bits per heavy atom. The molecule has 0 radical (unpaired) electrons. The summed E-state index contributed by atoms with van der Waals surface area (Å²) < 4.78 is 0. The summed E-state index contributed by atoms with van der Waals surface area (Å²) in [7, 11) is 0. The van der Waals surface area contributed by atoms with E-state index in [2.05, 4.69) is 51.5 Å². The fourth-order valence-corrected chi connectivity index (χ4v) is 2.66. The third-order valence-corrected chi connectivity index (χ3v) is 3.43. The minimum atomic E-state index is 0.386. The van der Waals surface area contributed by atoms with Crippen molar-refractivity contribution in [1.29, 1.82) is 0 Å². The van der Waals surface area contributed by atoms with E-state index in [0.717, 1.165) is 12.2 Å². The number of aromatic nitrogens is 2. The number of para-hydroxylation sites is 1. The van der Waals surface area contributed by atoms with E-state index < -0.39 is 0 Å². The van der Waals surface area contributed by atoms with Crippen molar-refractivity contribution in [1.82, 2.24) is 9.97 Å². The van der Waals surface area contributed by atoms with E-state index in [1.807, 2.05) is 13.0 Å². The summed E-state index contributed by atoms with van der Waals surface area (Å²) in [5.74, 6) is 7.69. The Labute approximate surface area is 112 Å². The maximum atomic E-state index is 5.46. The quantitative estimate of drug-likeness (QED) is 0.636. The summed E-state index contributed by atoms with van der Waals surface area (Å²) >= 11 is 0. The average molecular weight is 255 g/mol. The van der Waals surface area contributed by atoms with Crippen LogP contribution in [0.25, 0.3) is 0 Å². The number of aryl methyl sites for hydroxylation is 1. The summed E-state index contributed by atoms with van der Waals surface area (Å²) in [5.41, 5.74) is 5.17. The van der Waals surface area contributed by atoms with Crippen LogP contribution in [0.15, 0.2) is 30.3 Å². The lowest BCUT2D eigenvalue weighted by Crippen LogP contribution is -2.25. The molecule has 98 valence electrons. The second-order valence-electron chi connectivity index (χ2n) is 4.85. The molecule has 19 heavy (non-hydrogen) atoms. The molecule has 3 N–H and O–H groups in total. The molecule has 1 aromatic carbocycles. The second-order valence-corrected chi connectivity index (χ2v) is 4.85. The van der Waals surface area contributed by atoms with Crippen molar-refractivity contribution in [3.8, 4) is 0 Å². The first-order chi connectivity index (χ1) is 9.19. The summed E-state index contributed by atoms with van der Waals surface area (Å²) in [5, 5.41) is 0. The van der Waals surface area contributed by atoms with E-state index >= 15 is 0 Å². The molecule has 1 aromatic heterocycles. The van der Waals surface area contributed by atoms with E-state index in [1.54, 1.807) is 0 Å². The molecule has 1 unspecified atom stereocenters. The minimum absolute atomic E-state index is 0.386. The predicted octanol–water partition coefficient (Wildman–Crippen LogP) is 2.15. The highest BCUT2D eigenvalue weighted by atomic mass is 15.3. The van der Waals surface area contributed by atoms with Gasteiger partial charge in [0.15, 0.2) is 0 Å². The molecule has 0 fully saturated rings. The van der Waals surface area contributed by atoms with Gasteiger partial charge in [-0.1, -0.05) is 18.2 Å². The summed E-state index contributed by atoms with van der Waals surface area (Å²) in [6, 6.07) is 10.7. The standard InChI is InChI=1S/C14H17N5/c1-9-7-11-5-3-4-6-12(11)19(9)14-8-13(18-15)16-10(2)17-14/h3-6,8-9H,7,15H2,1-2H3,(H,16,17,18). The molecule has 5 heteroatoms. The molecule has 2 aromatic rings. The zero-order valence-corrected chi connectivity index (χ0v) is 11.1. The molecule has 0 aliphatic carbocycles. The number of hydrogen-bond acceptors (Lipinski definition) is 5. The molecule has 1 atom stereocenters. The van der Waals surface area contributed by atoms with Crippen molar-refractivity contribution in [3.05, 3.63) is 41.7 Å². The fourth-order valence-electron chi connectivity index (χ4n) is 2.66. The van der Waals surface area contributed by atoms with E-state index in [1.165, 1.54) is 11.3 Å². The molecule has 1 aliphatic heterocycles. The zero-order chi connectivity index (χ0) is 13.4. The third kappa shape index (κ3) is 2.02. The number of nitrogen functional groups attached to an aromatic ring is 1. The Balaban J connectivity index is 2.09. The Bertz CT molecular complexity index is 611. The van der Waals surface area contributed by atoms with Crippen LogP contribution < -0.4 is 16.2 Å². The minimum Gasteiger partial charge on any atom is -0.323 e. The van der Waals surface area contributed by atoms with Crippen LogP contribution in [-0.2, 0) is 6.42 Å². The van der Waals surface area contributed by atoms with Crippen LogP contribution in [0, 0.1) is 6.92 Å². The Hall–Kier alpha value is -2.14. The molecule has 0 saturated carbocycles. The van der Waals surface area contributed by atoms with Crippen molar-refractivity contribution < 1.29 is 0 Å². The second kappa shape index (κ2) is 4.51. The number of fused-ring (bicyclic) bond motifs is 1. The van der Waals surface area contributed by atoms with Gasteiger partial charge in [-0.3, -0.25) is 0 Å². The first kappa shape index (κ1) is 11.9. The fraction of sp³-hybridized carbons (Fsp3) is 0.286. The SMILES string of the molecule is Cc1nc(NN)cc(N2c3ccccc3CC2C)n1. The lowest BCUT2D eigenvalue weighted by molar-refractivity contribution is 0.747. The molecule has 0 spiro atoms. The molecular weight excluding hydrogens is 238 g/mol. The van der Waals surface area contributed by atoms with Gasteiger partial charge in [0.2, 0.25) is 0 Å². The van der Waals surface area contributed by atoms with Crippen LogP contribution >= 0.6 is 0 Å². The lowest BCUT2D eigenvalue weighted by Gasteiger charge is -2.24. The number of hydrogen-bond donors (Lipinski definition) is 2. The molecule has 0 saturated heterocycles. The smallest absolute Gasteiger partial charge is 0.145 e. The maximum Gasteiger partial charge on any atom is 0.145 e. The van der Waals surface area contributed by atoms with E-state index in [0.29, 0.717) is 17.7 Å². The number of anilines is 3. The lowest BCUT2D eigenvalue weighted by atomic mass is 10.1. The highest BCUT2D eigenvalue weighted by Gasteiger charge is 2.28. The number of nitrogens with one attached hydrogen (secondary N) is 1. The van der Waals surface area contributed by atoms with Crippen molar-refractivity contribution >= 4 is 17.3 Å². The predicted molar refractivity (Wildman–Crippen MR) is 76.3 cm³/mol. The first-order valence-corrected chi connectivity index (χ1v) is 6.38.